The SMILES string of the molecule is CCc1nc(N2CCN(C(=O)C3CN(C(=O)OC(C)(C)C)CCO3)CC2)ccc1-c1cc(C)c2nc(C)cn2c1. The van der Waals surface area contributed by atoms with Gasteiger partial charge in [-0.2, -0.15) is 0 Å². The molecule has 10 heteroatoms. The van der Waals surface area contributed by atoms with Crippen LogP contribution >= 0.6 is 0 Å². The van der Waals surface area contributed by atoms with Gasteiger partial charge < -0.3 is 28.6 Å². The first-order valence-corrected chi connectivity index (χ1v) is 14.1. The number of pyridine rings is 2. The molecule has 2 amide bonds. The third-order valence-corrected chi connectivity index (χ3v) is 7.37. The number of hydrogen-bond acceptors (Lipinski definition) is 7. The summed E-state index contributed by atoms with van der Waals surface area (Å²) in [5, 5.41) is 0. The fourth-order valence-electron chi connectivity index (χ4n) is 5.39. The topological polar surface area (TPSA) is 92.5 Å². The van der Waals surface area contributed by atoms with Crippen LogP contribution in [0.4, 0.5) is 10.6 Å². The maximum Gasteiger partial charge on any atom is 0.410 e. The molecule has 2 fully saturated rings. The number of fused-ring (bicyclic) bond motifs is 1. The Kier molecular flexibility index (Phi) is 7.72. The molecule has 40 heavy (non-hydrogen) atoms. The minimum Gasteiger partial charge on any atom is -0.444 e. The number of amides is 2. The highest BCUT2D eigenvalue weighted by Crippen LogP contribution is 2.28. The zero-order chi connectivity index (χ0) is 28.6. The van der Waals surface area contributed by atoms with Gasteiger partial charge in [0.25, 0.3) is 5.91 Å². The molecular formula is C30H40N6O4. The molecule has 0 radical (unpaired) electrons. The summed E-state index contributed by atoms with van der Waals surface area (Å²) < 4.78 is 13.3. The summed E-state index contributed by atoms with van der Waals surface area (Å²) in [6.45, 7) is 15.2. The molecule has 0 aromatic carbocycles. The first-order valence-electron chi connectivity index (χ1n) is 14.1. The molecule has 5 heterocycles. The Morgan fingerprint density at radius 3 is 2.48 bits per heavy atom. The molecule has 214 valence electrons. The van der Waals surface area contributed by atoms with E-state index in [1.54, 1.807) is 4.90 Å². The highest BCUT2D eigenvalue weighted by atomic mass is 16.6. The summed E-state index contributed by atoms with van der Waals surface area (Å²) in [4.78, 5) is 41.1. The molecule has 2 aliphatic rings. The molecule has 2 aliphatic heterocycles. The number of rotatable bonds is 4. The lowest BCUT2D eigenvalue weighted by molar-refractivity contribution is -0.149. The lowest BCUT2D eigenvalue weighted by atomic mass is 10.0. The largest absolute Gasteiger partial charge is 0.444 e. The van der Waals surface area contributed by atoms with Crippen molar-refractivity contribution in [3.8, 4) is 11.1 Å². The van der Waals surface area contributed by atoms with Crippen LogP contribution in [0.5, 0.6) is 0 Å². The molecule has 10 nitrogen and oxygen atoms in total. The van der Waals surface area contributed by atoms with E-state index in [0.717, 1.165) is 46.0 Å². The molecule has 0 saturated carbocycles. The molecule has 0 N–H and O–H groups in total. The minimum atomic E-state index is -0.669. The second-order valence-electron chi connectivity index (χ2n) is 11.6. The van der Waals surface area contributed by atoms with E-state index in [-0.39, 0.29) is 12.5 Å². The van der Waals surface area contributed by atoms with E-state index in [0.29, 0.717) is 39.3 Å². The molecule has 0 spiro atoms. The van der Waals surface area contributed by atoms with Crippen LogP contribution in [0.1, 0.15) is 44.6 Å². The van der Waals surface area contributed by atoms with Crippen LogP contribution < -0.4 is 4.90 Å². The quantitative estimate of drug-likeness (QED) is 0.489. The Bertz CT molecular complexity index is 1400. The molecule has 1 atom stereocenters. The van der Waals surface area contributed by atoms with Gasteiger partial charge in [-0.15, -0.1) is 0 Å². The lowest BCUT2D eigenvalue weighted by Gasteiger charge is -2.39. The zero-order valence-electron chi connectivity index (χ0n) is 24.4. The van der Waals surface area contributed by atoms with E-state index in [1.165, 1.54) is 0 Å². The van der Waals surface area contributed by atoms with Gasteiger partial charge in [-0.25, -0.2) is 14.8 Å². The number of nitrogens with zero attached hydrogens (tertiary/aromatic N) is 6. The molecule has 2 saturated heterocycles. The second kappa shape index (κ2) is 11.1. The standard InChI is InChI=1S/C30H40N6O4/c1-7-24-23(22-16-20(2)27-31-21(3)17-36(27)18-22)8-9-26(32-24)33-10-12-34(13-11-33)28(37)25-19-35(14-15-39-25)29(38)40-30(4,5)6/h8-9,16-18,25H,7,10-15,19H2,1-6H3. The van der Waals surface area contributed by atoms with Gasteiger partial charge in [0.15, 0.2) is 6.10 Å². The molecular weight excluding hydrogens is 508 g/mol. The van der Waals surface area contributed by atoms with Crippen molar-refractivity contribution in [2.24, 2.45) is 0 Å². The third kappa shape index (κ3) is 5.91. The normalized spacial score (nSPS) is 18.4. The van der Waals surface area contributed by atoms with Gasteiger partial charge in [0, 0.05) is 56.2 Å². The average Bonchev–Trinajstić information content (AvgIpc) is 3.32. The number of aromatic nitrogens is 3. The third-order valence-electron chi connectivity index (χ3n) is 7.37. The fraction of sp³-hybridized carbons (Fsp3) is 0.533. The summed E-state index contributed by atoms with van der Waals surface area (Å²) in [5.41, 5.74) is 5.82. The minimum absolute atomic E-state index is 0.0778. The lowest BCUT2D eigenvalue weighted by Crippen LogP contribution is -2.57. The van der Waals surface area contributed by atoms with E-state index < -0.39 is 17.8 Å². The average molecular weight is 549 g/mol. The predicted molar refractivity (Wildman–Crippen MR) is 154 cm³/mol. The van der Waals surface area contributed by atoms with Crippen molar-refractivity contribution in [2.75, 3.05) is 50.8 Å². The van der Waals surface area contributed by atoms with Crippen molar-refractivity contribution >= 4 is 23.5 Å². The van der Waals surface area contributed by atoms with Gasteiger partial charge in [0.2, 0.25) is 0 Å². The number of carbonyl (C=O) groups excluding carboxylic acids is 2. The maximum absolute atomic E-state index is 13.3. The zero-order valence-corrected chi connectivity index (χ0v) is 24.4. The van der Waals surface area contributed by atoms with Crippen molar-refractivity contribution in [1.29, 1.82) is 0 Å². The number of carbonyl (C=O) groups is 2. The molecule has 3 aromatic heterocycles. The number of anilines is 1. The summed E-state index contributed by atoms with van der Waals surface area (Å²) in [6, 6.07) is 6.41. The molecule has 0 aliphatic carbocycles. The number of hydrogen-bond donors (Lipinski definition) is 0. The monoisotopic (exact) mass is 548 g/mol. The van der Waals surface area contributed by atoms with Gasteiger partial charge in [0.1, 0.15) is 17.1 Å². The van der Waals surface area contributed by atoms with Crippen LogP contribution in [-0.2, 0) is 20.7 Å². The van der Waals surface area contributed by atoms with E-state index >= 15 is 0 Å². The van der Waals surface area contributed by atoms with E-state index in [1.807, 2.05) is 38.8 Å². The van der Waals surface area contributed by atoms with Crippen molar-refractivity contribution in [3.63, 3.8) is 0 Å². The number of piperazine rings is 1. The highest BCUT2D eigenvalue weighted by Gasteiger charge is 2.35. The Morgan fingerprint density at radius 2 is 1.77 bits per heavy atom. The molecule has 1 unspecified atom stereocenters. The van der Waals surface area contributed by atoms with Gasteiger partial charge >= 0.3 is 6.09 Å². The van der Waals surface area contributed by atoms with Crippen LogP contribution in [0.3, 0.4) is 0 Å². The Morgan fingerprint density at radius 1 is 1.02 bits per heavy atom. The Balaban J connectivity index is 1.23. The van der Waals surface area contributed by atoms with Crippen LogP contribution in [0.15, 0.2) is 30.6 Å². The molecule has 0 bridgehead atoms. The van der Waals surface area contributed by atoms with Crippen LogP contribution in [0, 0.1) is 13.8 Å². The first-order chi connectivity index (χ1) is 19.0. The predicted octanol–water partition coefficient (Wildman–Crippen LogP) is 3.86. The van der Waals surface area contributed by atoms with E-state index in [9.17, 15) is 9.59 Å². The van der Waals surface area contributed by atoms with E-state index in [2.05, 4.69) is 52.5 Å². The summed E-state index contributed by atoms with van der Waals surface area (Å²) >= 11 is 0. The van der Waals surface area contributed by atoms with Crippen molar-refractivity contribution in [1.82, 2.24) is 24.2 Å². The number of morpholine rings is 1. The highest BCUT2D eigenvalue weighted by molar-refractivity contribution is 5.82. The molecule has 3 aromatic rings. The first kappa shape index (κ1) is 27.9. The summed E-state index contributed by atoms with van der Waals surface area (Å²) in [5.74, 6) is 0.847. The molecule has 5 rings (SSSR count). The van der Waals surface area contributed by atoms with Gasteiger partial charge in [-0.05, 0) is 64.8 Å². The number of aryl methyl sites for hydroxylation is 3. The fourth-order valence-corrected chi connectivity index (χ4v) is 5.39. The van der Waals surface area contributed by atoms with Crippen molar-refractivity contribution < 1.29 is 19.1 Å². The van der Waals surface area contributed by atoms with E-state index in [4.69, 9.17) is 14.5 Å². The van der Waals surface area contributed by atoms with Crippen molar-refractivity contribution in [2.45, 2.75) is 59.7 Å². The van der Waals surface area contributed by atoms with Crippen molar-refractivity contribution in [3.05, 3.63) is 47.5 Å². The maximum atomic E-state index is 13.3. The van der Waals surface area contributed by atoms with Crippen LogP contribution in [-0.4, -0.2) is 93.7 Å². The van der Waals surface area contributed by atoms with Crippen LogP contribution in [0.25, 0.3) is 16.8 Å². The summed E-state index contributed by atoms with van der Waals surface area (Å²) in [6.07, 6.45) is 3.91. The number of ether oxygens (including phenoxy) is 2. The van der Waals surface area contributed by atoms with Gasteiger partial charge in [-0.3, -0.25) is 4.79 Å². The van der Waals surface area contributed by atoms with Gasteiger partial charge in [-0.1, -0.05) is 6.92 Å². The number of imidazole rings is 1. The summed E-state index contributed by atoms with van der Waals surface area (Å²) in [7, 11) is 0. The Hall–Kier alpha value is -3.66. The smallest absolute Gasteiger partial charge is 0.410 e. The van der Waals surface area contributed by atoms with Gasteiger partial charge in [0.05, 0.1) is 24.5 Å². The Labute approximate surface area is 235 Å². The second-order valence-corrected chi connectivity index (χ2v) is 11.6. The van der Waals surface area contributed by atoms with Crippen LogP contribution in [0.2, 0.25) is 0 Å².